The zero-order chi connectivity index (χ0) is 10.6. The topological polar surface area (TPSA) is 49.3 Å². The van der Waals surface area contributed by atoms with E-state index in [4.69, 9.17) is 5.11 Å². The maximum atomic E-state index is 13.2. The molecule has 4 heteroatoms. The van der Waals surface area contributed by atoms with Crippen LogP contribution in [-0.2, 0) is 4.79 Å². The van der Waals surface area contributed by atoms with Crippen LogP contribution in [0.25, 0.3) is 0 Å². The van der Waals surface area contributed by atoms with Gasteiger partial charge < -0.3 is 10.4 Å². The summed E-state index contributed by atoms with van der Waals surface area (Å²) in [5.74, 6) is -2.33. The summed E-state index contributed by atoms with van der Waals surface area (Å²) in [5, 5.41) is 11.6. The molecule has 1 unspecified atom stereocenters. The summed E-state index contributed by atoms with van der Waals surface area (Å²) in [6, 6.07) is 5.92. The third kappa shape index (κ3) is 2.29. The summed E-state index contributed by atoms with van der Waals surface area (Å²) >= 11 is 0. The van der Waals surface area contributed by atoms with Crippen molar-refractivity contribution in [3.05, 3.63) is 35.6 Å². The maximum Gasteiger partial charge on any atom is 0.312 e. The first-order valence-corrected chi connectivity index (χ1v) is 4.28. The lowest BCUT2D eigenvalue weighted by Gasteiger charge is -2.12. The highest BCUT2D eigenvalue weighted by Gasteiger charge is 2.21. The van der Waals surface area contributed by atoms with E-state index in [2.05, 4.69) is 5.32 Å². The van der Waals surface area contributed by atoms with E-state index in [1.807, 2.05) is 0 Å². The van der Waals surface area contributed by atoms with Crippen LogP contribution in [0.15, 0.2) is 24.3 Å². The lowest BCUT2D eigenvalue weighted by Crippen LogP contribution is -2.24. The van der Waals surface area contributed by atoms with Crippen LogP contribution in [0.5, 0.6) is 0 Å². The Kier molecular flexibility index (Phi) is 3.59. The number of rotatable bonds is 4. The Balaban J connectivity index is 2.99. The Morgan fingerprint density at radius 3 is 2.71 bits per heavy atom. The fraction of sp³-hybridized carbons (Fsp3) is 0.300. The van der Waals surface area contributed by atoms with E-state index in [9.17, 15) is 9.18 Å². The van der Waals surface area contributed by atoms with Gasteiger partial charge in [-0.05, 0) is 13.1 Å². The SMILES string of the molecule is CNCC(C(=O)O)c1ccccc1F. The number of halogens is 1. The van der Waals surface area contributed by atoms with E-state index >= 15 is 0 Å². The lowest BCUT2D eigenvalue weighted by molar-refractivity contribution is -0.138. The largest absolute Gasteiger partial charge is 0.481 e. The van der Waals surface area contributed by atoms with Crippen LogP contribution in [0.4, 0.5) is 4.39 Å². The summed E-state index contributed by atoms with van der Waals surface area (Å²) in [6.07, 6.45) is 0. The van der Waals surface area contributed by atoms with Crippen LogP contribution >= 0.6 is 0 Å². The second-order valence-corrected chi connectivity index (χ2v) is 2.97. The summed E-state index contributed by atoms with van der Waals surface area (Å²) in [5.41, 5.74) is 0.217. The van der Waals surface area contributed by atoms with E-state index in [0.29, 0.717) is 0 Å². The first-order chi connectivity index (χ1) is 6.66. The van der Waals surface area contributed by atoms with Crippen molar-refractivity contribution >= 4 is 5.97 Å². The summed E-state index contributed by atoms with van der Waals surface area (Å²) < 4.78 is 13.2. The average molecular weight is 197 g/mol. The molecule has 2 N–H and O–H groups in total. The van der Waals surface area contributed by atoms with Gasteiger partial charge in [0.2, 0.25) is 0 Å². The molecule has 3 nitrogen and oxygen atoms in total. The molecule has 1 atom stereocenters. The van der Waals surface area contributed by atoms with Crippen molar-refractivity contribution < 1.29 is 14.3 Å². The predicted molar refractivity (Wildman–Crippen MR) is 50.7 cm³/mol. The van der Waals surface area contributed by atoms with Gasteiger partial charge in [0.15, 0.2) is 0 Å². The molecule has 0 saturated heterocycles. The molecule has 14 heavy (non-hydrogen) atoms. The standard InChI is InChI=1S/C10H12FNO2/c1-12-6-8(10(13)14)7-4-2-3-5-9(7)11/h2-5,8,12H,6H2,1H3,(H,13,14). The monoisotopic (exact) mass is 197 g/mol. The number of carboxylic acid groups (broad SMARTS) is 1. The number of hydrogen-bond acceptors (Lipinski definition) is 2. The number of likely N-dealkylation sites (N-methyl/N-ethyl adjacent to an activating group) is 1. The van der Waals surface area contributed by atoms with Crippen molar-refractivity contribution in [2.75, 3.05) is 13.6 Å². The van der Waals surface area contributed by atoms with Gasteiger partial charge in [-0.3, -0.25) is 4.79 Å². The molecular formula is C10H12FNO2. The Morgan fingerprint density at radius 2 is 2.21 bits per heavy atom. The highest BCUT2D eigenvalue weighted by molar-refractivity contribution is 5.76. The van der Waals surface area contributed by atoms with Gasteiger partial charge >= 0.3 is 5.97 Å². The Morgan fingerprint density at radius 1 is 1.57 bits per heavy atom. The van der Waals surface area contributed by atoms with Gasteiger partial charge in [0, 0.05) is 12.1 Å². The number of hydrogen-bond donors (Lipinski definition) is 2. The van der Waals surface area contributed by atoms with Gasteiger partial charge in [-0.2, -0.15) is 0 Å². The summed E-state index contributed by atoms with van der Waals surface area (Å²) in [7, 11) is 1.64. The predicted octanol–water partition coefficient (Wildman–Crippen LogP) is 1.21. The van der Waals surface area contributed by atoms with E-state index < -0.39 is 17.7 Å². The van der Waals surface area contributed by atoms with Crippen molar-refractivity contribution in [2.45, 2.75) is 5.92 Å². The molecule has 0 spiro atoms. The minimum absolute atomic E-state index is 0.217. The molecule has 0 heterocycles. The van der Waals surface area contributed by atoms with Crippen LogP contribution in [0, 0.1) is 5.82 Å². The van der Waals surface area contributed by atoms with E-state index in [1.54, 1.807) is 13.1 Å². The summed E-state index contributed by atoms with van der Waals surface area (Å²) in [4.78, 5) is 10.8. The molecule has 0 aliphatic carbocycles. The normalized spacial score (nSPS) is 12.4. The smallest absolute Gasteiger partial charge is 0.312 e. The molecule has 1 aromatic rings. The molecule has 1 rings (SSSR count). The average Bonchev–Trinajstić information content (AvgIpc) is 2.15. The van der Waals surface area contributed by atoms with Crippen LogP contribution in [0.2, 0.25) is 0 Å². The van der Waals surface area contributed by atoms with Crippen molar-refractivity contribution in [1.82, 2.24) is 5.32 Å². The molecule has 0 bridgehead atoms. The quantitative estimate of drug-likeness (QED) is 0.762. The zero-order valence-corrected chi connectivity index (χ0v) is 7.83. The number of carbonyl (C=O) groups is 1. The minimum Gasteiger partial charge on any atom is -0.481 e. The van der Waals surface area contributed by atoms with Crippen LogP contribution in [-0.4, -0.2) is 24.7 Å². The van der Waals surface area contributed by atoms with Gasteiger partial charge in [0.1, 0.15) is 5.82 Å². The molecular weight excluding hydrogens is 185 g/mol. The van der Waals surface area contributed by atoms with Crippen molar-refractivity contribution in [2.24, 2.45) is 0 Å². The van der Waals surface area contributed by atoms with Crippen molar-refractivity contribution in [1.29, 1.82) is 0 Å². The zero-order valence-electron chi connectivity index (χ0n) is 7.83. The molecule has 0 aromatic heterocycles. The molecule has 76 valence electrons. The lowest BCUT2D eigenvalue weighted by atomic mass is 9.99. The van der Waals surface area contributed by atoms with Crippen molar-refractivity contribution in [3.63, 3.8) is 0 Å². The molecule has 0 aliphatic rings. The van der Waals surface area contributed by atoms with Gasteiger partial charge in [0.05, 0.1) is 5.92 Å². The van der Waals surface area contributed by atoms with E-state index in [-0.39, 0.29) is 12.1 Å². The Hall–Kier alpha value is -1.42. The molecule has 1 aromatic carbocycles. The second-order valence-electron chi connectivity index (χ2n) is 2.97. The number of aliphatic carboxylic acids is 1. The third-order valence-electron chi connectivity index (χ3n) is 1.99. The van der Waals surface area contributed by atoms with Crippen molar-refractivity contribution in [3.8, 4) is 0 Å². The molecule has 0 radical (unpaired) electrons. The molecule has 0 aliphatic heterocycles. The summed E-state index contributed by atoms with van der Waals surface area (Å²) in [6.45, 7) is 0.219. The van der Waals surface area contributed by atoms with Gasteiger partial charge in [-0.1, -0.05) is 18.2 Å². The second kappa shape index (κ2) is 4.72. The van der Waals surface area contributed by atoms with Gasteiger partial charge in [-0.15, -0.1) is 0 Å². The molecule has 0 fully saturated rings. The van der Waals surface area contributed by atoms with E-state index in [0.717, 1.165) is 0 Å². The molecule has 0 saturated carbocycles. The number of benzene rings is 1. The maximum absolute atomic E-state index is 13.2. The number of nitrogens with one attached hydrogen (secondary N) is 1. The fourth-order valence-corrected chi connectivity index (χ4v) is 1.29. The van der Waals surface area contributed by atoms with Crippen LogP contribution in [0.3, 0.4) is 0 Å². The fourth-order valence-electron chi connectivity index (χ4n) is 1.29. The third-order valence-corrected chi connectivity index (χ3v) is 1.99. The first kappa shape index (κ1) is 10.7. The highest BCUT2D eigenvalue weighted by atomic mass is 19.1. The van der Waals surface area contributed by atoms with Gasteiger partial charge in [-0.25, -0.2) is 4.39 Å². The Labute approximate surface area is 81.6 Å². The van der Waals surface area contributed by atoms with Gasteiger partial charge in [0.25, 0.3) is 0 Å². The first-order valence-electron chi connectivity index (χ1n) is 4.28. The minimum atomic E-state index is -1.02. The highest BCUT2D eigenvalue weighted by Crippen LogP contribution is 2.18. The molecule has 0 amide bonds. The number of carboxylic acids is 1. The Bertz CT molecular complexity index is 328. The van der Waals surface area contributed by atoms with Crippen LogP contribution < -0.4 is 5.32 Å². The van der Waals surface area contributed by atoms with Crippen LogP contribution in [0.1, 0.15) is 11.5 Å². The van der Waals surface area contributed by atoms with E-state index in [1.165, 1.54) is 18.2 Å².